The van der Waals surface area contributed by atoms with Crippen LogP contribution in [0.4, 0.5) is 0 Å². The Balaban J connectivity index is 1.35. The zero-order chi connectivity index (χ0) is 18.3. The number of hydrogen-bond acceptors (Lipinski definition) is 4. The van der Waals surface area contributed by atoms with Gasteiger partial charge in [0.25, 0.3) is 0 Å². The molecule has 4 rings (SSSR count). The second-order valence-corrected chi connectivity index (χ2v) is 8.97. The molecule has 4 fully saturated rings. The Labute approximate surface area is 156 Å². The Morgan fingerprint density at radius 1 is 0.885 bits per heavy atom. The van der Waals surface area contributed by atoms with Gasteiger partial charge in [0.05, 0.1) is 18.1 Å². The van der Waals surface area contributed by atoms with Crippen LogP contribution in [-0.2, 0) is 14.3 Å². The van der Waals surface area contributed by atoms with Crippen LogP contribution in [0.5, 0.6) is 0 Å². The van der Waals surface area contributed by atoms with Gasteiger partial charge in [0.2, 0.25) is 11.8 Å². The van der Waals surface area contributed by atoms with Crippen molar-refractivity contribution in [2.24, 2.45) is 17.8 Å². The lowest BCUT2D eigenvalue weighted by atomic mass is 9.82. The first-order valence-electron chi connectivity index (χ1n) is 10.4. The second-order valence-electron chi connectivity index (χ2n) is 8.97. The number of carbonyl (C=O) groups excluding carboxylic acids is 2. The molecule has 3 atom stereocenters. The standard InChI is InChI=1S/C20H33N3O3/c1-14-3-5-15(6-4-14)19(24)23-12-16-11-17(18(13-23)26-16)20(25)22-9-7-21(2)8-10-22/h14-18H,3-13H2,1-2H3. The third kappa shape index (κ3) is 3.63. The van der Waals surface area contributed by atoms with E-state index in [1.165, 1.54) is 0 Å². The molecule has 3 aliphatic heterocycles. The van der Waals surface area contributed by atoms with Crippen LogP contribution in [0.3, 0.4) is 0 Å². The highest BCUT2D eigenvalue weighted by atomic mass is 16.5. The van der Waals surface area contributed by atoms with E-state index in [0.29, 0.717) is 19.0 Å². The minimum atomic E-state index is -0.104. The second kappa shape index (κ2) is 7.47. The molecule has 1 saturated carbocycles. The van der Waals surface area contributed by atoms with Crippen LogP contribution in [0.15, 0.2) is 0 Å². The van der Waals surface area contributed by atoms with Gasteiger partial charge in [0.15, 0.2) is 0 Å². The summed E-state index contributed by atoms with van der Waals surface area (Å²) < 4.78 is 6.08. The molecule has 0 spiro atoms. The van der Waals surface area contributed by atoms with Gasteiger partial charge in [-0.2, -0.15) is 0 Å². The van der Waals surface area contributed by atoms with E-state index in [1.54, 1.807) is 0 Å². The summed E-state index contributed by atoms with van der Waals surface area (Å²) in [5, 5.41) is 0. The molecule has 2 amide bonds. The number of hydrogen-bond donors (Lipinski definition) is 0. The highest BCUT2D eigenvalue weighted by molar-refractivity contribution is 5.81. The minimum Gasteiger partial charge on any atom is -0.370 e. The summed E-state index contributed by atoms with van der Waals surface area (Å²) in [6.45, 7) is 7.07. The maximum absolute atomic E-state index is 13.0. The molecule has 4 aliphatic rings. The molecule has 3 saturated heterocycles. The fourth-order valence-electron chi connectivity index (χ4n) is 5.12. The zero-order valence-corrected chi connectivity index (χ0v) is 16.2. The van der Waals surface area contributed by atoms with Crippen molar-refractivity contribution in [3.05, 3.63) is 0 Å². The van der Waals surface area contributed by atoms with Crippen molar-refractivity contribution in [3.8, 4) is 0 Å². The number of morpholine rings is 1. The Bertz CT molecular complexity index is 536. The minimum absolute atomic E-state index is 0.0432. The van der Waals surface area contributed by atoms with Crippen molar-refractivity contribution in [1.82, 2.24) is 14.7 Å². The molecule has 146 valence electrons. The summed E-state index contributed by atoms with van der Waals surface area (Å²) >= 11 is 0. The summed E-state index contributed by atoms with van der Waals surface area (Å²) in [6, 6.07) is 0. The molecule has 6 nitrogen and oxygen atoms in total. The summed E-state index contributed by atoms with van der Waals surface area (Å²) in [4.78, 5) is 32.2. The zero-order valence-electron chi connectivity index (χ0n) is 16.2. The third-order valence-corrected chi connectivity index (χ3v) is 6.97. The van der Waals surface area contributed by atoms with Crippen molar-refractivity contribution in [3.63, 3.8) is 0 Å². The van der Waals surface area contributed by atoms with Crippen LogP contribution in [-0.4, -0.2) is 85.0 Å². The number of amides is 2. The van der Waals surface area contributed by atoms with Gasteiger partial charge < -0.3 is 19.4 Å². The van der Waals surface area contributed by atoms with E-state index < -0.39 is 0 Å². The molecule has 2 bridgehead atoms. The average molecular weight is 364 g/mol. The SMILES string of the molecule is CC1CCC(C(=O)N2CC3CC(C(=O)N4CCN(C)CC4)C(C2)O3)CC1. The number of piperazine rings is 1. The fraction of sp³-hybridized carbons (Fsp3) is 0.900. The van der Waals surface area contributed by atoms with Crippen molar-refractivity contribution in [2.45, 2.75) is 51.2 Å². The molecule has 1 aliphatic carbocycles. The van der Waals surface area contributed by atoms with Gasteiger partial charge in [-0.3, -0.25) is 9.59 Å². The Morgan fingerprint density at radius 2 is 1.58 bits per heavy atom. The summed E-state index contributed by atoms with van der Waals surface area (Å²) in [6.07, 6.45) is 5.10. The molecule has 0 aromatic heterocycles. The van der Waals surface area contributed by atoms with Crippen molar-refractivity contribution in [1.29, 1.82) is 0 Å². The average Bonchev–Trinajstić information content (AvgIpc) is 2.95. The van der Waals surface area contributed by atoms with Crippen LogP contribution in [0.25, 0.3) is 0 Å². The predicted octanol–water partition coefficient (Wildman–Crippen LogP) is 1.20. The largest absolute Gasteiger partial charge is 0.370 e. The van der Waals surface area contributed by atoms with Gasteiger partial charge >= 0.3 is 0 Å². The van der Waals surface area contributed by atoms with E-state index in [2.05, 4.69) is 18.9 Å². The first-order chi connectivity index (χ1) is 12.5. The fourth-order valence-corrected chi connectivity index (χ4v) is 5.12. The molecule has 26 heavy (non-hydrogen) atoms. The monoisotopic (exact) mass is 363 g/mol. The highest BCUT2D eigenvalue weighted by Crippen LogP contribution is 2.36. The maximum Gasteiger partial charge on any atom is 0.228 e. The van der Waals surface area contributed by atoms with Crippen molar-refractivity contribution >= 4 is 11.8 Å². The lowest BCUT2D eigenvalue weighted by molar-refractivity contribution is -0.149. The number of carbonyl (C=O) groups is 2. The van der Waals surface area contributed by atoms with E-state index in [0.717, 1.165) is 64.2 Å². The topological polar surface area (TPSA) is 53.1 Å². The number of fused-ring (bicyclic) bond motifs is 2. The van der Waals surface area contributed by atoms with Crippen LogP contribution in [0.1, 0.15) is 39.0 Å². The van der Waals surface area contributed by atoms with Crippen LogP contribution < -0.4 is 0 Å². The van der Waals surface area contributed by atoms with Gasteiger partial charge in [0, 0.05) is 45.2 Å². The maximum atomic E-state index is 13.0. The van der Waals surface area contributed by atoms with Gasteiger partial charge in [0.1, 0.15) is 0 Å². The normalized spacial score (nSPS) is 38.5. The molecule has 0 aromatic carbocycles. The van der Waals surface area contributed by atoms with Crippen LogP contribution in [0, 0.1) is 17.8 Å². The van der Waals surface area contributed by atoms with Crippen molar-refractivity contribution in [2.75, 3.05) is 46.3 Å². The number of likely N-dealkylation sites (tertiary alicyclic amines) is 1. The first-order valence-corrected chi connectivity index (χ1v) is 10.4. The summed E-state index contributed by atoms with van der Waals surface area (Å²) in [5.41, 5.74) is 0. The first kappa shape index (κ1) is 18.2. The number of rotatable bonds is 2. The van der Waals surface area contributed by atoms with E-state index in [1.807, 2.05) is 9.80 Å². The van der Waals surface area contributed by atoms with Gasteiger partial charge in [-0.15, -0.1) is 0 Å². The molecule has 3 unspecified atom stereocenters. The Morgan fingerprint density at radius 3 is 2.27 bits per heavy atom. The van der Waals surface area contributed by atoms with Gasteiger partial charge in [-0.05, 0) is 45.1 Å². The van der Waals surface area contributed by atoms with Crippen LogP contribution >= 0.6 is 0 Å². The number of likely N-dealkylation sites (N-methyl/N-ethyl adjacent to an activating group) is 1. The molecule has 6 heteroatoms. The van der Waals surface area contributed by atoms with Crippen LogP contribution in [0.2, 0.25) is 0 Å². The Kier molecular flexibility index (Phi) is 5.24. The quantitative estimate of drug-likeness (QED) is 0.740. The summed E-state index contributed by atoms with van der Waals surface area (Å²) in [7, 11) is 2.10. The van der Waals surface area contributed by atoms with E-state index >= 15 is 0 Å². The molecular formula is C20H33N3O3. The van der Waals surface area contributed by atoms with E-state index in [4.69, 9.17) is 4.74 Å². The summed E-state index contributed by atoms with van der Waals surface area (Å²) in [5.74, 6) is 1.43. The lowest BCUT2D eigenvalue weighted by Crippen LogP contribution is -2.52. The predicted molar refractivity (Wildman–Crippen MR) is 98.5 cm³/mol. The smallest absolute Gasteiger partial charge is 0.228 e. The number of ether oxygens (including phenoxy) is 1. The molecule has 0 aromatic rings. The third-order valence-electron chi connectivity index (χ3n) is 6.97. The number of nitrogens with zero attached hydrogens (tertiary/aromatic N) is 3. The van der Waals surface area contributed by atoms with E-state index in [-0.39, 0.29) is 30.0 Å². The molecular weight excluding hydrogens is 330 g/mol. The highest BCUT2D eigenvalue weighted by Gasteiger charge is 2.47. The van der Waals surface area contributed by atoms with Crippen molar-refractivity contribution < 1.29 is 14.3 Å². The Hall–Kier alpha value is -1.14. The molecule has 0 N–H and O–H groups in total. The molecule has 3 heterocycles. The van der Waals surface area contributed by atoms with E-state index in [9.17, 15) is 9.59 Å². The lowest BCUT2D eigenvalue weighted by Gasteiger charge is -2.37. The van der Waals surface area contributed by atoms with Gasteiger partial charge in [-0.25, -0.2) is 0 Å². The van der Waals surface area contributed by atoms with Gasteiger partial charge in [-0.1, -0.05) is 6.92 Å². The molecule has 0 radical (unpaired) electrons.